The summed E-state index contributed by atoms with van der Waals surface area (Å²) < 4.78 is 42.9. The number of aromatic amines is 1. The zero-order valence-electron chi connectivity index (χ0n) is 9.25. The third kappa shape index (κ3) is 2.19. The quantitative estimate of drug-likeness (QED) is 0.716. The van der Waals surface area contributed by atoms with Crippen molar-refractivity contribution < 1.29 is 17.6 Å². The van der Waals surface area contributed by atoms with Crippen molar-refractivity contribution in [1.29, 1.82) is 0 Å². The Morgan fingerprint density at radius 2 is 1.95 bits per heavy atom. The van der Waals surface area contributed by atoms with Crippen LogP contribution in [0.15, 0.2) is 34.7 Å². The van der Waals surface area contributed by atoms with Gasteiger partial charge in [0.05, 0.1) is 16.6 Å². The van der Waals surface area contributed by atoms with Crippen molar-refractivity contribution in [3.63, 3.8) is 0 Å². The molecule has 0 saturated carbocycles. The molecule has 0 aliphatic rings. The van der Waals surface area contributed by atoms with Crippen molar-refractivity contribution in [3.8, 4) is 11.6 Å². The van der Waals surface area contributed by atoms with Crippen LogP contribution in [0.3, 0.4) is 0 Å². The molecule has 3 aromatic rings. The van der Waals surface area contributed by atoms with Crippen molar-refractivity contribution in [1.82, 2.24) is 9.97 Å². The number of alkyl halides is 3. The monoisotopic (exact) mass is 286 g/mol. The second kappa shape index (κ2) is 4.03. The summed E-state index contributed by atoms with van der Waals surface area (Å²) in [5.41, 5.74) is -0.0134. The van der Waals surface area contributed by atoms with Gasteiger partial charge in [0.2, 0.25) is 0 Å². The van der Waals surface area contributed by atoms with Crippen LogP contribution in [0.1, 0.15) is 5.56 Å². The standard InChI is InChI=1S/C12H6ClF3N2O/c13-10-4-3-9(19-10)11-17-7-2-1-6(12(14,15)16)5-8(7)18-11/h1-5H,(H,17,18). The number of H-pyrrole nitrogens is 1. The largest absolute Gasteiger partial charge is 0.441 e. The normalized spacial score (nSPS) is 12.2. The molecule has 7 heteroatoms. The fourth-order valence-electron chi connectivity index (χ4n) is 1.74. The molecule has 0 aliphatic carbocycles. The maximum Gasteiger partial charge on any atom is 0.416 e. The van der Waals surface area contributed by atoms with Crippen LogP contribution in [0.2, 0.25) is 5.22 Å². The van der Waals surface area contributed by atoms with E-state index in [9.17, 15) is 13.2 Å². The first kappa shape index (κ1) is 12.1. The van der Waals surface area contributed by atoms with Gasteiger partial charge in [-0.15, -0.1) is 0 Å². The van der Waals surface area contributed by atoms with Gasteiger partial charge in [-0.2, -0.15) is 13.2 Å². The Hall–Kier alpha value is -1.95. The number of furan rings is 1. The average Bonchev–Trinajstić information content (AvgIpc) is 2.92. The zero-order chi connectivity index (χ0) is 13.6. The minimum Gasteiger partial charge on any atom is -0.441 e. The van der Waals surface area contributed by atoms with Crippen LogP contribution in [0, 0.1) is 0 Å². The van der Waals surface area contributed by atoms with Gasteiger partial charge in [-0.05, 0) is 41.9 Å². The average molecular weight is 287 g/mol. The summed E-state index contributed by atoms with van der Waals surface area (Å²) in [5, 5.41) is 0.187. The lowest BCUT2D eigenvalue weighted by Crippen LogP contribution is -2.04. The van der Waals surface area contributed by atoms with Crippen molar-refractivity contribution in [2.75, 3.05) is 0 Å². The number of benzene rings is 1. The van der Waals surface area contributed by atoms with Gasteiger partial charge in [0.25, 0.3) is 0 Å². The van der Waals surface area contributed by atoms with E-state index in [1.807, 2.05) is 0 Å². The molecule has 19 heavy (non-hydrogen) atoms. The van der Waals surface area contributed by atoms with Gasteiger partial charge >= 0.3 is 6.18 Å². The van der Waals surface area contributed by atoms with Crippen molar-refractivity contribution in [2.24, 2.45) is 0 Å². The maximum absolute atomic E-state index is 12.6. The van der Waals surface area contributed by atoms with Crippen molar-refractivity contribution in [2.45, 2.75) is 6.18 Å². The number of nitrogens with zero attached hydrogens (tertiary/aromatic N) is 1. The second-order valence-corrected chi connectivity index (χ2v) is 4.29. The van der Waals surface area contributed by atoms with E-state index >= 15 is 0 Å². The highest BCUT2D eigenvalue weighted by atomic mass is 35.5. The Morgan fingerprint density at radius 3 is 2.58 bits per heavy atom. The highest BCUT2D eigenvalue weighted by Gasteiger charge is 2.30. The Morgan fingerprint density at radius 1 is 1.16 bits per heavy atom. The fourth-order valence-corrected chi connectivity index (χ4v) is 1.89. The van der Waals surface area contributed by atoms with Gasteiger partial charge < -0.3 is 9.40 Å². The van der Waals surface area contributed by atoms with Crippen LogP contribution in [0.5, 0.6) is 0 Å². The predicted molar refractivity (Wildman–Crippen MR) is 63.8 cm³/mol. The third-order valence-corrected chi connectivity index (χ3v) is 2.82. The van der Waals surface area contributed by atoms with Crippen LogP contribution in [-0.2, 0) is 6.18 Å². The van der Waals surface area contributed by atoms with Gasteiger partial charge in [-0.25, -0.2) is 4.98 Å². The lowest BCUT2D eigenvalue weighted by Gasteiger charge is -2.05. The second-order valence-electron chi connectivity index (χ2n) is 3.92. The van der Waals surface area contributed by atoms with E-state index in [-0.39, 0.29) is 10.7 Å². The van der Waals surface area contributed by atoms with Crippen LogP contribution < -0.4 is 0 Å². The van der Waals surface area contributed by atoms with Crippen LogP contribution in [-0.4, -0.2) is 9.97 Å². The fraction of sp³-hybridized carbons (Fsp3) is 0.0833. The summed E-state index contributed by atoms with van der Waals surface area (Å²) in [6.07, 6.45) is -4.38. The molecule has 0 atom stereocenters. The Balaban J connectivity index is 2.11. The Labute approximate surface area is 110 Å². The summed E-state index contributed by atoms with van der Waals surface area (Å²) in [5.74, 6) is 0.705. The first-order valence-corrected chi connectivity index (χ1v) is 5.64. The minimum atomic E-state index is -4.38. The number of hydrogen-bond donors (Lipinski definition) is 1. The van der Waals surface area contributed by atoms with Crippen LogP contribution in [0.25, 0.3) is 22.6 Å². The maximum atomic E-state index is 12.6. The van der Waals surface area contributed by atoms with E-state index in [1.54, 1.807) is 6.07 Å². The molecule has 0 fully saturated rings. The molecular formula is C12H6ClF3N2O. The molecule has 0 bridgehead atoms. The molecule has 1 aromatic carbocycles. The van der Waals surface area contributed by atoms with Crippen molar-refractivity contribution in [3.05, 3.63) is 41.1 Å². The van der Waals surface area contributed by atoms with Gasteiger partial charge in [0.15, 0.2) is 16.8 Å². The molecular weight excluding hydrogens is 281 g/mol. The number of aromatic nitrogens is 2. The molecule has 0 saturated heterocycles. The number of hydrogen-bond acceptors (Lipinski definition) is 2. The predicted octanol–water partition coefficient (Wildman–Crippen LogP) is 4.50. The van der Waals surface area contributed by atoms with Crippen LogP contribution >= 0.6 is 11.6 Å². The molecule has 0 spiro atoms. The zero-order valence-corrected chi connectivity index (χ0v) is 10.0. The molecule has 0 amide bonds. The molecule has 3 rings (SSSR count). The first-order chi connectivity index (χ1) is 8.93. The molecule has 0 unspecified atom stereocenters. The highest BCUT2D eigenvalue weighted by molar-refractivity contribution is 6.28. The molecule has 0 radical (unpaired) electrons. The van der Waals surface area contributed by atoms with E-state index in [0.717, 1.165) is 12.1 Å². The minimum absolute atomic E-state index is 0.187. The van der Waals surface area contributed by atoms with Gasteiger partial charge in [-0.1, -0.05) is 0 Å². The topological polar surface area (TPSA) is 41.8 Å². The number of rotatable bonds is 1. The third-order valence-electron chi connectivity index (χ3n) is 2.62. The van der Waals surface area contributed by atoms with Gasteiger partial charge in [0.1, 0.15) is 0 Å². The van der Waals surface area contributed by atoms with E-state index in [1.165, 1.54) is 12.1 Å². The highest BCUT2D eigenvalue weighted by Crippen LogP contribution is 2.32. The smallest absolute Gasteiger partial charge is 0.416 e. The van der Waals surface area contributed by atoms with E-state index in [0.29, 0.717) is 17.1 Å². The first-order valence-electron chi connectivity index (χ1n) is 5.26. The van der Waals surface area contributed by atoms with Gasteiger partial charge in [-0.3, -0.25) is 0 Å². The SMILES string of the molecule is FC(F)(F)c1ccc2nc(-c3ccc(Cl)o3)[nH]c2c1. The summed E-state index contributed by atoms with van der Waals surface area (Å²) in [6.45, 7) is 0. The summed E-state index contributed by atoms with van der Waals surface area (Å²) >= 11 is 5.64. The number of halogens is 4. The van der Waals surface area contributed by atoms with E-state index < -0.39 is 11.7 Å². The van der Waals surface area contributed by atoms with E-state index in [2.05, 4.69) is 9.97 Å². The number of fused-ring (bicyclic) bond motifs is 1. The summed E-state index contributed by atoms with van der Waals surface area (Å²) in [4.78, 5) is 6.92. The molecule has 98 valence electrons. The Kier molecular flexibility index (Phi) is 2.56. The number of nitrogens with one attached hydrogen (secondary N) is 1. The number of imidazole rings is 1. The lowest BCUT2D eigenvalue weighted by atomic mass is 10.2. The van der Waals surface area contributed by atoms with E-state index in [4.69, 9.17) is 16.0 Å². The van der Waals surface area contributed by atoms with Crippen LogP contribution in [0.4, 0.5) is 13.2 Å². The molecule has 2 heterocycles. The lowest BCUT2D eigenvalue weighted by molar-refractivity contribution is -0.137. The molecule has 3 nitrogen and oxygen atoms in total. The molecule has 0 aliphatic heterocycles. The van der Waals surface area contributed by atoms with Gasteiger partial charge in [0, 0.05) is 0 Å². The summed E-state index contributed by atoms with van der Waals surface area (Å²) in [7, 11) is 0. The molecule has 2 aromatic heterocycles. The molecule has 1 N–H and O–H groups in total. The van der Waals surface area contributed by atoms with Crippen molar-refractivity contribution >= 4 is 22.6 Å². The summed E-state index contributed by atoms with van der Waals surface area (Å²) in [6, 6.07) is 6.43. The Bertz CT molecular complexity index is 745.